The van der Waals surface area contributed by atoms with Gasteiger partial charge in [0.25, 0.3) is 10.0 Å². The van der Waals surface area contributed by atoms with Gasteiger partial charge in [0.05, 0.1) is 22.9 Å². The van der Waals surface area contributed by atoms with Crippen LogP contribution in [0.15, 0.2) is 65.7 Å². The predicted octanol–water partition coefficient (Wildman–Crippen LogP) is 5.59. The maximum absolute atomic E-state index is 14.7. The van der Waals surface area contributed by atoms with Gasteiger partial charge in [-0.1, -0.05) is 24.1 Å². The van der Waals surface area contributed by atoms with Crippen LogP contribution in [-0.2, 0) is 21.3 Å². The number of anilines is 1. The zero-order chi connectivity index (χ0) is 26.5. The van der Waals surface area contributed by atoms with E-state index in [4.69, 9.17) is 11.2 Å². The number of ether oxygens (including phenoxy) is 1. The van der Waals surface area contributed by atoms with Crippen LogP contribution in [0.5, 0.6) is 0 Å². The number of benzene rings is 2. The first kappa shape index (κ1) is 27.2. The number of halogens is 1. The second-order valence-corrected chi connectivity index (χ2v) is 11.6. The van der Waals surface area contributed by atoms with Crippen molar-refractivity contribution >= 4 is 33.8 Å². The Morgan fingerprint density at radius 1 is 1.19 bits per heavy atom. The largest absolute Gasteiger partial charge is 0.444 e. The van der Waals surface area contributed by atoms with Gasteiger partial charge in [0.1, 0.15) is 11.4 Å². The molecule has 7 nitrogen and oxygen atoms in total. The summed E-state index contributed by atoms with van der Waals surface area (Å²) in [7, 11) is -2.58. The molecule has 1 amide bonds. The second kappa shape index (κ2) is 11.1. The molecule has 0 unspecified atom stereocenters. The number of amides is 1. The van der Waals surface area contributed by atoms with Gasteiger partial charge < -0.3 is 14.4 Å². The Morgan fingerprint density at radius 2 is 1.92 bits per heavy atom. The van der Waals surface area contributed by atoms with E-state index in [0.717, 1.165) is 3.97 Å². The molecule has 0 spiro atoms. The molecule has 0 aliphatic rings. The van der Waals surface area contributed by atoms with E-state index in [0.29, 0.717) is 17.0 Å². The van der Waals surface area contributed by atoms with Gasteiger partial charge in [0, 0.05) is 24.5 Å². The molecule has 0 atom stereocenters. The van der Waals surface area contributed by atoms with Crippen LogP contribution in [0.2, 0.25) is 0 Å². The molecule has 3 rings (SSSR count). The SMILES string of the molecule is C#CCSNc1cccc(S(=O)(=O)n2cc(CN(C)C(=O)OC(C)(C)C)cc2-c2ccccc2F)c1. The van der Waals surface area contributed by atoms with Crippen LogP contribution in [0.4, 0.5) is 14.9 Å². The van der Waals surface area contributed by atoms with Gasteiger partial charge in [-0.3, -0.25) is 0 Å². The fourth-order valence-corrected chi connectivity index (χ4v) is 5.21. The molecular formula is C26H28FN3O4S2. The summed E-state index contributed by atoms with van der Waals surface area (Å²) in [6, 6.07) is 13.8. The molecule has 0 bridgehead atoms. The number of carbonyl (C=O) groups is 1. The van der Waals surface area contributed by atoms with E-state index < -0.39 is 27.5 Å². The first-order chi connectivity index (χ1) is 16.9. The van der Waals surface area contributed by atoms with Gasteiger partial charge in [-0.25, -0.2) is 21.6 Å². The normalized spacial score (nSPS) is 11.6. The third-order valence-electron chi connectivity index (χ3n) is 4.85. The molecular weight excluding hydrogens is 501 g/mol. The van der Waals surface area contributed by atoms with Crippen LogP contribution in [-0.4, -0.2) is 41.8 Å². The average molecular weight is 530 g/mol. The number of nitrogens with zero attached hydrogens (tertiary/aromatic N) is 2. The maximum Gasteiger partial charge on any atom is 0.410 e. The lowest BCUT2D eigenvalue weighted by Gasteiger charge is -2.24. The van der Waals surface area contributed by atoms with Crippen molar-refractivity contribution in [1.82, 2.24) is 8.87 Å². The fourth-order valence-electron chi connectivity index (χ4n) is 3.32. The standard InChI is InChI=1S/C26H28FN3O4S2/c1-6-14-35-28-20-10-9-11-21(16-20)36(32,33)30-18-19(17-29(5)25(31)34-26(2,3)4)15-24(30)22-12-7-8-13-23(22)27/h1,7-13,15-16,18,28H,14,17H2,2-5H3. The predicted molar refractivity (Wildman–Crippen MR) is 141 cm³/mol. The maximum atomic E-state index is 14.7. The van der Waals surface area contributed by atoms with Gasteiger partial charge in [0.15, 0.2) is 0 Å². The van der Waals surface area contributed by atoms with E-state index in [2.05, 4.69) is 10.6 Å². The molecule has 1 N–H and O–H groups in total. The topological polar surface area (TPSA) is 80.6 Å². The van der Waals surface area contributed by atoms with E-state index in [9.17, 15) is 17.6 Å². The highest BCUT2D eigenvalue weighted by atomic mass is 32.2. The van der Waals surface area contributed by atoms with Crippen molar-refractivity contribution in [2.45, 2.75) is 37.8 Å². The van der Waals surface area contributed by atoms with Crippen molar-refractivity contribution in [3.05, 3.63) is 72.2 Å². The minimum Gasteiger partial charge on any atom is -0.444 e. The lowest BCUT2D eigenvalue weighted by Crippen LogP contribution is -2.33. The van der Waals surface area contributed by atoms with Crippen molar-refractivity contribution in [3.8, 4) is 23.6 Å². The summed E-state index contributed by atoms with van der Waals surface area (Å²) in [6.45, 7) is 5.33. The van der Waals surface area contributed by atoms with Crippen molar-refractivity contribution < 1.29 is 22.3 Å². The molecule has 0 fully saturated rings. The van der Waals surface area contributed by atoms with Crippen molar-refractivity contribution in [2.75, 3.05) is 17.5 Å². The Balaban J connectivity index is 2.04. The van der Waals surface area contributed by atoms with Crippen molar-refractivity contribution in [2.24, 2.45) is 0 Å². The Labute approximate surface area is 215 Å². The van der Waals surface area contributed by atoms with E-state index in [-0.39, 0.29) is 22.7 Å². The Kier molecular flexibility index (Phi) is 8.38. The molecule has 10 heteroatoms. The molecule has 0 aliphatic heterocycles. The number of hydrogen-bond donors (Lipinski definition) is 1. The van der Waals surface area contributed by atoms with Gasteiger partial charge in [-0.05, 0) is 74.7 Å². The molecule has 0 saturated carbocycles. The van der Waals surface area contributed by atoms with Crippen LogP contribution in [0.25, 0.3) is 11.3 Å². The highest BCUT2D eigenvalue weighted by molar-refractivity contribution is 8.00. The summed E-state index contributed by atoms with van der Waals surface area (Å²) in [5.41, 5.74) is 0.618. The Hall–Kier alpha value is -3.42. The number of carbonyl (C=O) groups excluding carboxylic acids is 1. The van der Waals surface area contributed by atoms with E-state index in [1.807, 2.05) is 0 Å². The molecule has 0 aliphatic carbocycles. The van der Waals surface area contributed by atoms with Crippen LogP contribution >= 0.6 is 11.9 Å². The molecule has 190 valence electrons. The first-order valence-electron chi connectivity index (χ1n) is 11.0. The number of hydrogen-bond acceptors (Lipinski definition) is 6. The number of nitrogens with one attached hydrogen (secondary N) is 1. The van der Waals surface area contributed by atoms with Crippen LogP contribution in [0.3, 0.4) is 0 Å². The monoisotopic (exact) mass is 529 g/mol. The van der Waals surface area contributed by atoms with Crippen LogP contribution < -0.4 is 4.72 Å². The van der Waals surface area contributed by atoms with Crippen LogP contribution in [0.1, 0.15) is 26.3 Å². The minimum atomic E-state index is -4.13. The number of rotatable bonds is 8. The molecule has 0 radical (unpaired) electrons. The summed E-state index contributed by atoms with van der Waals surface area (Å²) in [5, 5.41) is 0. The quantitative estimate of drug-likeness (QED) is 0.233. The van der Waals surface area contributed by atoms with Crippen molar-refractivity contribution in [1.29, 1.82) is 0 Å². The summed E-state index contributed by atoms with van der Waals surface area (Å²) < 4.78 is 51.6. The van der Waals surface area contributed by atoms with Crippen LogP contribution in [0, 0.1) is 18.2 Å². The Morgan fingerprint density at radius 3 is 2.58 bits per heavy atom. The Bertz CT molecular complexity index is 1390. The minimum absolute atomic E-state index is 0.00837. The molecule has 2 aromatic carbocycles. The molecule has 3 aromatic rings. The third kappa shape index (κ3) is 6.62. The summed E-state index contributed by atoms with van der Waals surface area (Å²) in [5.74, 6) is 2.32. The lowest BCUT2D eigenvalue weighted by atomic mass is 10.1. The smallest absolute Gasteiger partial charge is 0.410 e. The average Bonchev–Trinajstić information content (AvgIpc) is 3.23. The first-order valence-corrected chi connectivity index (χ1v) is 13.4. The number of aromatic nitrogens is 1. The van der Waals surface area contributed by atoms with Gasteiger partial charge in [-0.2, -0.15) is 0 Å². The zero-order valence-corrected chi connectivity index (χ0v) is 22.1. The summed E-state index contributed by atoms with van der Waals surface area (Å²) >= 11 is 1.25. The lowest BCUT2D eigenvalue weighted by molar-refractivity contribution is 0.0285. The van der Waals surface area contributed by atoms with E-state index in [1.54, 1.807) is 52.1 Å². The van der Waals surface area contributed by atoms with Gasteiger partial charge >= 0.3 is 6.09 Å². The van der Waals surface area contributed by atoms with E-state index >= 15 is 0 Å². The van der Waals surface area contributed by atoms with Gasteiger partial charge in [-0.15, -0.1) is 6.42 Å². The van der Waals surface area contributed by atoms with E-state index in [1.165, 1.54) is 53.4 Å². The molecule has 1 heterocycles. The third-order valence-corrected chi connectivity index (χ3v) is 7.21. The summed E-state index contributed by atoms with van der Waals surface area (Å²) in [4.78, 5) is 13.8. The molecule has 1 aromatic heterocycles. The molecule has 36 heavy (non-hydrogen) atoms. The number of terminal acetylenes is 1. The molecule has 0 saturated heterocycles. The van der Waals surface area contributed by atoms with Crippen molar-refractivity contribution in [3.63, 3.8) is 0 Å². The van der Waals surface area contributed by atoms with Gasteiger partial charge in [0.2, 0.25) is 0 Å². The fraction of sp³-hybridized carbons (Fsp3) is 0.269. The highest BCUT2D eigenvalue weighted by Crippen LogP contribution is 2.30. The highest BCUT2D eigenvalue weighted by Gasteiger charge is 2.25. The zero-order valence-electron chi connectivity index (χ0n) is 20.5. The second-order valence-electron chi connectivity index (χ2n) is 8.97. The summed E-state index contributed by atoms with van der Waals surface area (Å²) in [6.07, 6.45) is 6.10.